The Kier molecular flexibility index (Phi) is 7.04. The molecule has 0 saturated carbocycles. The molecule has 0 amide bonds. The van der Waals surface area contributed by atoms with Gasteiger partial charge in [0.25, 0.3) is 0 Å². The van der Waals surface area contributed by atoms with Crippen LogP contribution in [0.3, 0.4) is 0 Å². The van der Waals surface area contributed by atoms with Gasteiger partial charge in [-0.1, -0.05) is 72.8 Å². The molecule has 5 rings (SSSR count). The van der Waals surface area contributed by atoms with Crippen molar-refractivity contribution in [3.63, 3.8) is 0 Å². The summed E-state index contributed by atoms with van der Waals surface area (Å²) >= 11 is 0. The largest absolute Gasteiger partial charge is 0.424 e. The van der Waals surface area contributed by atoms with Gasteiger partial charge in [-0.25, -0.2) is 9.97 Å². The van der Waals surface area contributed by atoms with Gasteiger partial charge in [-0.2, -0.15) is 0 Å². The Labute approximate surface area is 219 Å². The fraction of sp³-hybridized carbons (Fsp3) is 0.0625. The fourth-order valence-corrected chi connectivity index (χ4v) is 4.01. The van der Waals surface area contributed by atoms with Crippen molar-refractivity contribution in [2.24, 2.45) is 0 Å². The van der Waals surface area contributed by atoms with E-state index in [1.54, 1.807) is 12.1 Å². The number of ether oxygens (including phenoxy) is 2. The van der Waals surface area contributed by atoms with Gasteiger partial charge in [0, 0.05) is 24.6 Å². The number of aromatic nitrogens is 2. The zero-order valence-corrected chi connectivity index (χ0v) is 20.9. The molecule has 2 aromatic heterocycles. The first-order chi connectivity index (χ1) is 18.4. The Morgan fingerprint density at radius 2 is 0.974 bits per heavy atom. The van der Waals surface area contributed by atoms with Gasteiger partial charge < -0.3 is 9.47 Å². The number of fused-ring (bicyclic) bond motifs is 2. The Balaban J connectivity index is 1.32. The molecule has 0 fully saturated rings. The predicted octanol–water partition coefficient (Wildman–Crippen LogP) is 6.97. The molecule has 3 aromatic carbocycles. The summed E-state index contributed by atoms with van der Waals surface area (Å²) < 4.78 is 10.6. The van der Waals surface area contributed by atoms with Crippen molar-refractivity contribution in [2.45, 2.75) is 13.8 Å². The average molecular weight is 501 g/mol. The molecule has 38 heavy (non-hydrogen) atoms. The van der Waals surface area contributed by atoms with E-state index in [4.69, 9.17) is 9.47 Å². The molecule has 0 aliphatic rings. The van der Waals surface area contributed by atoms with E-state index in [2.05, 4.69) is 9.97 Å². The molecule has 0 radical (unpaired) electrons. The monoisotopic (exact) mass is 500 g/mol. The first kappa shape index (κ1) is 24.6. The normalized spacial score (nSPS) is 11.4. The van der Waals surface area contributed by atoms with E-state index in [1.807, 2.05) is 97.1 Å². The zero-order chi connectivity index (χ0) is 26.5. The molecular weight excluding hydrogens is 476 g/mol. The molecule has 0 N–H and O–H groups in total. The quantitative estimate of drug-likeness (QED) is 0.185. The zero-order valence-electron chi connectivity index (χ0n) is 20.9. The molecular formula is C32H24N2O4. The maximum Gasteiger partial charge on any atom is 0.308 e. The minimum Gasteiger partial charge on any atom is -0.424 e. The highest BCUT2D eigenvalue weighted by Crippen LogP contribution is 2.26. The van der Waals surface area contributed by atoms with Crippen molar-refractivity contribution in [3.8, 4) is 11.5 Å². The molecule has 0 unspecified atom stereocenters. The summed E-state index contributed by atoms with van der Waals surface area (Å²) in [6, 6.07) is 26.9. The maximum absolute atomic E-state index is 11.4. The van der Waals surface area contributed by atoms with Crippen molar-refractivity contribution < 1.29 is 19.1 Å². The van der Waals surface area contributed by atoms with Crippen LogP contribution < -0.4 is 9.47 Å². The molecule has 186 valence electrons. The van der Waals surface area contributed by atoms with E-state index >= 15 is 0 Å². The van der Waals surface area contributed by atoms with Gasteiger partial charge >= 0.3 is 11.9 Å². The summed E-state index contributed by atoms with van der Waals surface area (Å²) in [5, 5.41) is 1.81. The van der Waals surface area contributed by atoms with Crippen LogP contribution in [0, 0.1) is 0 Å². The van der Waals surface area contributed by atoms with Crippen molar-refractivity contribution in [1.29, 1.82) is 0 Å². The number of carbonyl (C=O) groups excluding carboxylic acids is 2. The smallest absolute Gasteiger partial charge is 0.308 e. The summed E-state index contributed by atoms with van der Waals surface area (Å²) in [4.78, 5) is 32.2. The van der Waals surface area contributed by atoms with Gasteiger partial charge in [0.15, 0.2) is 11.5 Å². The number of pyridine rings is 2. The molecule has 0 atom stereocenters. The molecule has 0 aliphatic carbocycles. The van der Waals surface area contributed by atoms with Crippen LogP contribution in [0.25, 0.3) is 46.1 Å². The van der Waals surface area contributed by atoms with Crippen LogP contribution in [0.4, 0.5) is 0 Å². The van der Waals surface area contributed by atoms with Gasteiger partial charge in [-0.15, -0.1) is 0 Å². The maximum atomic E-state index is 11.4. The number of rotatable bonds is 6. The third-order valence-electron chi connectivity index (χ3n) is 5.75. The second-order valence-corrected chi connectivity index (χ2v) is 8.65. The van der Waals surface area contributed by atoms with Crippen molar-refractivity contribution in [2.75, 3.05) is 0 Å². The van der Waals surface area contributed by atoms with Crippen LogP contribution >= 0.6 is 0 Å². The molecule has 5 aromatic rings. The first-order valence-electron chi connectivity index (χ1n) is 12.1. The third-order valence-corrected chi connectivity index (χ3v) is 5.75. The van der Waals surface area contributed by atoms with E-state index < -0.39 is 0 Å². The highest BCUT2D eigenvalue weighted by atomic mass is 16.5. The highest BCUT2D eigenvalue weighted by Gasteiger charge is 2.07. The molecule has 0 spiro atoms. The summed E-state index contributed by atoms with van der Waals surface area (Å²) in [6.07, 6.45) is 7.82. The lowest BCUT2D eigenvalue weighted by Gasteiger charge is -2.06. The number of hydrogen-bond donors (Lipinski definition) is 0. The summed E-state index contributed by atoms with van der Waals surface area (Å²) in [6.45, 7) is 2.75. The number of para-hydroxylation sites is 2. The Bertz CT molecular complexity index is 1590. The molecule has 2 heterocycles. The van der Waals surface area contributed by atoms with E-state index in [-0.39, 0.29) is 11.9 Å². The van der Waals surface area contributed by atoms with Crippen LogP contribution in [-0.4, -0.2) is 21.9 Å². The molecule has 0 bridgehead atoms. The van der Waals surface area contributed by atoms with E-state index in [9.17, 15) is 9.59 Å². The van der Waals surface area contributed by atoms with E-state index in [1.165, 1.54) is 13.8 Å². The van der Waals surface area contributed by atoms with Crippen molar-refractivity contribution in [1.82, 2.24) is 9.97 Å². The van der Waals surface area contributed by atoms with Gasteiger partial charge in [0.1, 0.15) is 11.0 Å². The first-order valence-corrected chi connectivity index (χ1v) is 12.1. The summed E-state index contributed by atoms with van der Waals surface area (Å²) in [7, 11) is 0. The second-order valence-electron chi connectivity index (χ2n) is 8.65. The lowest BCUT2D eigenvalue weighted by atomic mass is 10.1. The van der Waals surface area contributed by atoms with E-state index in [0.717, 1.165) is 33.3 Å². The topological polar surface area (TPSA) is 78.4 Å². The van der Waals surface area contributed by atoms with Crippen LogP contribution in [0.15, 0.2) is 84.9 Å². The second kappa shape index (κ2) is 10.9. The molecule has 0 aliphatic heterocycles. The Morgan fingerprint density at radius 3 is 1.37 bits per heavy atom. The lowest BCUT2D eigenvalue weighted by molar-refractivity contribution is -0.132. The number of esters is 2. The van der Waals surface area contributed by atoms with Crippen molar-refractivity contribution in [3.05, 3.63) is 107 Å². The lowest BCUT2D eigenvalue weighted by Crippen LogP contribution is -2.02. The van der Waals surface area contributed by atoms with Crippen molar-refractivity contribution >= 4 is 58.0 Å². The Morgan fingerprint density at radius 1 is 0.553 bits per heavy atom. The van der Waals surface area contributed by atoms with Gasteiger partial charge in [-0.05, 0) is 47.5 Å². The summed E-state index contributed by atoms with van der Waals surface area (Å²) in [5.41, 5.74) is 4.85. The standard InChI is InChI=1S/C32H24N2O4/c1-21(35)37-29-7-3-5-25-15-19-27(33-31(25)29)17-13-23-9-11-24(12-10-23)14-18-28-20-16-26-6-4-8-30(32(26)34-28)38-22(2)36/h3-20H,1-2H3/b17-13+,18-14+. The number of carbonyl (C=O) groups is 2. The van der Waals surface area contributed by atoms with Gasteiger partial charge in [-0.3, -0.25) is 9.59 Å². The van der Waals surface area contributed by atoms with Gasteiger partial charge in [0.2, 0.25) is 0 Å². The highest BCUT2D eigenvalue weighted by molar-refractivity contribution is 5.89. The molecule has 6 heteroatoms. The van der Waals surface area contributed by atoms with E-state index in [0.29, 0.717) is 22.5 Å². The van der Waals surface area contributed by atoms with Crippen LogP contribution in [-0.2, 0) is 9.59 Å². The minimum atomic E-state index is -0.377. The fourth-order valence-electron chi connectivity index (χ4n) is 4.01. The van der Waals surface area contributed by atoms with Gasteiger partial charge in [0.05, 0.1) is 11.4 Å². The third kappa shape index (κ3) is 5.82. The van der Waals surface area contributed by atoms with Crippen LogP contribution in [0.1, 0.15) is 36.4 Å². The van der Waals surface area contributed by atoms with Crippen LogP contribution in [0.5, 0.6) is 11.5 Å². The number of hydrogen-bond acceptors (Lipinski definition) is 6. The minimum absolute atomic E-state index is 0.377. The van der Waals surface area contributed by atoms with Crippen LogP contribution in [0.2, 0.25) is 0 Å². The molecule has 6 nitrogen and oxygen atoms in total. The SMILES string of the molecule is CC(=O)Oc1cccc2ccc(/C=C/c3ccc(/C=C/c4ccc5cccc(OC(C)=O)c5n4)cc3)nc12. The number of nitrogens with zero attached hydrogens (tertiary/aromatic N) is 2. The average Bonchev–Trinajstić information content (AvgIpc) is 2.91. The Hall–Kier alpha value is -5.10. The molecule has 0 saturated heterocycles. The summed E-state index contributed by atoms with van der Waals surface area (Å²) in [5.74, 6) is 0.143. The number of benzene rings is 3. The predicted molar refractivity (Wildman–Crippen MR) is 150 cm³/mol.